The van der Waals surface area contributed by atoms with Crippen LogP contribution >= 0.6 is 22.7 Å². The summed E-state index contributed by atoms with van der Waals surface area (Å²) in [6.45, 7) is 2.27. The summed E-state index contributed by atoms with van der Waals surface area (Å²) in [7, 11) is -3.70. The van der Waals surface area contributed by atoms with Gasteiger partial charge in [-0.2, -0.15) is 0 Å². The fourth-order valence-corrected chi connectivity index (χ4v) is 8.32. The molecule has 6 rings (SSSR count). The van der Waals surface area contributed by atoms with Crippen LogP contribution < -0.4 is 10.0 Å². The van der Waals surface area contributed by atoms with Crippen LogP contribution in [0.4, 0.5) is 10.7 Å². The number of rotatable bonds is 6. The quantitative estimate of drug-likeness (QED) is 0.230. The van der Waals surface area contributed by atoms with Crippen molar-refractivity contribution in [3.05, 3.63) is 94.9 Å². The molecule has 3 aromatic carbocycles. The first-order chi connectivity index (χ1) is 18.4. The summed E-state index contributed by atoms with van der Waals surface area (Å²) in [5, 5.41) is 4.89. The summed E-state index contributed by atoms with van der Waals surface area (Å²) in [4.78, 5) is 19.7. The molecule has 0 saturated carbocycles. The highest BCUT2D eigenvalue weighted by atomic mass is 32.2. The first kappa shape index (κ1) is 24.8. The van der Waals surface area contributed by atoms with Crippen molar-refractivity contribution in [1.29, 1.82) is 0 Å². The van der Waals surface area contributed by atoms with Gasteiger partial charge in [-0.1, -0.05) is 37.3 Å². The molecule has 0 radical (unpaired) electrons. The number of hydrogen-bond donors (Lipinski definition) is 2. The second kappa shape index (κ2) is 9.98. The number of fused-ring (bicyclic) bond motifs is 2. The maximum Gasteiger partial charge on any atom is 0.261 e. The van der Waals surface area contributed by atoms with E-state index in [1.54, 1.807) is 65.1 Å². The predicted molar refractivity (Wildman–Crippen MR) is 156 cm³/mol. The van der Waals surface area contributed by atoms with Gasteiger partial charge in [-0.3, -0.25) is 9.52 Å². The molecule has 0 spiro atoms. The maximum atomic E-state index is 13.3. The van der Waals surface area contributed by atoms with Crippen molar-refractivity contribution in [3.63, 3.8) is 0 Å². The van der Waals surface area contributed by atoms with Crippen LogP contribution in [0.3, 0.4) is 0 Å². The van der Waals surface area contributed by atoms with E-state index in [0.29, 0.717) is 17.2 Å². The molecule has 6 nitrogen and oxygen atoms in total. The minimum Gasteiger partial charge on any atom is -0.313 e. The third-order valence-corrected chi connectivity index (χ3v) is 10.3. The van der Waals surface area contributed by atoms with Crippen molar-refractivity contribution in [2.24, 2.45) is 5.92 Å². The van der Waals surface area contributed by atoms with Gasteiger partial charge in [0.2, 0.25) is 0 Å². The Morgan fingerprint density at radius 2 is 1.68 bits per heavy atom. The van der Waals surface area contributed by atoms with E-state index in [9.17, 15) is 13.2 Å². The normalized spacial score (nSPS) is 15.2. The average molecular weight is 560 g/mol. The Balaban J connectivity index is 1.27. The van der Waals surface area contributed by atoms with Crippen molar-refractivity contribution in [3.8, 4) is 10.6 Å². The number of amides is 1. The highest BCUT2D eigenvalue weighted by molar-refractivity contribution is 7.92. The zero-order valence-electron chi connectivity index (χ0n) is 20.6. The van der Waals surface area contributed by atoms with E-state index in [2.05, 4.69) is 23.0 Å². The highest BCUT2D eigenvalue weighted by Crippen LogP contribution is 2.47. The van der Waals surface area contributed by atoms with Crippen LogP contribution in [0, 0.1) is 5.92 Å². The van der Waals surface area contributed by atoms with Crippen LogP contribution in [-0.4, -0.2) is 19.3 Å². The van der Waals surface area contributed by atoms with Crippen LogP contribution in [-0.2, 0) is 22.9 Å². The maximum absolute atomic E-state index is 13.3. The van der Waals surface area contributed by atoms with E-state index in [1.165, 1.54) is 22.6 Å². The lowest BCUT2D eigenvalue weighted by Gasteiger charge is -2.18. The van der Waals surface area contributed by atoms with Gasteiger partial charge in [-0.15, -0.1) is 22.7 Å². The summed E-state index contributed by atoms with van der Waals surface area (Å²) in [5.74, 6) is 0.372. The number of thiophene rings is 1. The largest absolute Gasteiger partial charge is 0.313 e. The monoisotopic (exact) mass is 559 g/mol. The standard InChI is InChI=1S/C29H25N3O3S3/c1-18-11-16-22-25(17-18)37-29(26(22)28-30-23-9-5-6-10-24(23)36-28)31-27(33)19-12-14-20(15-13-19)32-38(34,35)21-7-3-2-4-8-21/h2-10,12-15,18,32H,11,16-17H2,1H3,(H,31,33). The number of nitrogens with zero attached hydrogens (tertiary/aromatic N) is 1. The van der Waals surface area contributed by atoms with Crippen LogP contribution in [0.5, 0.6) is 0 Å². The molecule has 1 aliphatic rings. The minimum absolute atomic E-state index is 0.181. The Labute approximate surface area is 229 Å². The lowest BCUT2D eigenvalue weighted by molar-refractivity contribution is 0.102. The topological polar surface area (TPSA) is 88.2 Å². The Morgan fingerprint density at radius 3 is 2.45 bits per heavy atom. The average Bonchev–Trinajstić information content (AvgIpc) is 3.49. The van der Waals surface area contributed by atoms with Gasteiger partial charge in [-0.05, 0) is 79.3 Å². The molecule has 0 saturated heterocycles. The summed E-state index contributed by atoms with van der Waals surface area (Å²) >= 11 is 3.30. The number of aromatic nitrogens is 1. The first-order valence-electron chi connectivity index (χ1n) is 12.4. The van der Waals surface area contributed by atoms with Crippen molar-refractivity contribution < 1.29 is 13.2 Å². The molecule has 9 heteroatoms. The highest BCUT2D eigenvalue weighted by Gasteiger charge is 2.27. The minimum atomic E-state index is -3.70. The number of para-hydroxylation sites is 1. The van der Waals surface area contributed by atoms with Gasteiger partial charge < -0.3 is 5.32 Å². The van der Waals surface area contributed by atoms with E-state index >= 15 is 0 Å². The van der Waals surface area contributed by atoms with Crippen molar-refractivity contribution in [2.75, 3.05) is 10.0 Å². The van der Waals surface area contributed by atoms with Crippen LogP contribution in [0.25, 0.3) is 20.8 Å². The molecule has 38 heavy (non-hydrogen) atoms. The van der Waals surface area contributed by atoms with Crippen LogP contribution in [0.15, 0.2) is 83.8 Å². The van der Waals surface area contributed by atoms with Gasteiger partial charge in [0.25, 0.3) is 15.9 Å². The molecule has 1 unspecified atom stereocenters. The SMILES string of the molecule is CC1CCc2c(sc(NC(=O)c3ccc(NS(=O)(=O)c4ccccc4)cc3)c2-c2nc3ccccc3s2)C1. The Bertz CT molecular complexity index is 1710. The first-order valence-corrected chi connectivity index (χ1v) is 15.5. The number of hydrogen-bond acceptors (Lipinski definition) is 6. The number of nitrogens with one attached hydrogen (secondary N) is 2. The van der Waals surface area contributed by atoms with Crippen molar-refractivity contribution in [2.45, 2.75) is 31.1 Å². The molecule has 5 aromatic rings. The number of carbonyl (C=O) groups excluding carboxylic acids is 1. The summed E-state index contributed by atoms with van der Waals surface area (Å²) in [5.41, 5.74) is 4.14. The van der Waals surface area contributed by atoms with Crippen LogP contribution in [0.1, 0.15) is 34.1 Å². The fourth-order valence-electron chi connectivity index (χ4n) is 4.72. The molecule has 2 N–H and O–H groups in total. The molecular weight excluding hydrogens is 535 g/mol. The van der Waals surface area contributed by atoms with E-state index in [-0.39, 0.29) is 10.8 Å². The molecule has 2 heterocycles. The number of benzene rings is 3. The second-order valence-electron chi connectivity index (χ2n) is 9.49. The molecule has 1 atom stereocenters. The molecule has 0 aliphatic heterocycles. The van der Waals surface area contributed by atoms with Gasteiger partial charge in [0.1, 0.15) is 10.0 Å². The zero-order valence-corrected chi connectivity index (χ0v) is 23.1. The van der Waals surface area contributed by atoms with Crippen molar-refractivity contribution >= 4 is 59.5 Å². The number of sulfonamides is 1. The van der Waals surface area contributed by atoms with Crippen LogP contribution in [0.2, 0.25) is 0 Å². The van der Waals surface area contributed by atoms with Crippen molar-refractivity contribution in [1.82, 2.24) is 4.98 Å². The van der Waals surface area contributed by atoms with Gasteiger partial charge in [0.15, 0.2) is 0 Å². The van der Waals surface area contributed by atoms with E-state index in [4.69, 9.17) is 4.98 Å². The molecule has 0 bridgehead atoms. The fraction of sp³-hybridized carbons (Fsp3) is 0.172. The molecule has 2 aromatic heterocycles. The summed E-state index contributed by atoms with van der Waals surface area (Å²) < 4.78 is 28.9. The molecule has 1 aliphatic carbocycles. The Hall–Kier alpha value is -3.53. The third kappa shape index (κ3) is 4.84. The zero-order chi connectivity index (χ0) is 26.3. The summed E-state index contributed by atoms with van der Waals surface area (Å²) in [6, 6.07) is 22.7. The molecule has 1 amide bonds. The smallest absolute Gasteiger partial charge is 0.261 e. The summed E-state index contributed by atoms with van der Waals surface area (Å²) in [6.07, 6.45) is 3.10. The number of carbonyl (C=O) groups is 1. The second-order valence-corrected chi connectivity index (χ2v) is 13.3. The number of thiazole rings is 1. The Kier molecular flexibility index (Phi) is 6.51. The lowest BCUT2D eigenvalue weighted by Crippen LogP contribution is -2.14. The van der Waals surface area contributed by atoms with E-state index in [0.717, 1.165) is 45.1 Å². The van der Waals surface area contributed by atoms with Gasteiger partial charge >= 0.3 is 0 Å². The van der Waals surface area contributed by atoms with Gasteiger partial charge in [0.05, 0.1) is 15.1 Å². The predicted octanol–water partition coefficient (Wildman–Crippen LogP) is 7.20. The van der Waals surface area contributed by atoms with E-state index < -0.39 is 10.0 Å². The molecule has 192 valence electrons. The Morgan fingerprint density at radius 1 is 0.947 bits per heavy atom. The third-order valence-electron chi connectivity index (χ3n) is 6.70. The molecular formula is C29H25N3O3S3. The number of anilines is 2. The van der Waals surface area contributed by atoms with Gasteiger partial charge in [-0.25, -0.2) is 13.4 Å². The lowest BCUT2D eigenvalue weighted by atomic mass is 9.88. The molecule has 0 fully saturated rings. The van der Waals surface area contributed by atoms with Gasteiger partial charge in [0, 0.05) is 21.7 Å². The van der Waals surface area contributed by atoms with E-state index in [1.807, 2.05) is 18.2 Å².